The number of imidazole rings is 1. The van der Waals surface area contributed by atoms with Crippen molar-refractivity contribution in [3.8, 4) is 5.82 Å². The third-order valence-electron chi connectivity index (χ3n) is 3.51. The Morgan fingerprint density at radius 1 is 1.29 bits per heavy atom. The van der Waals surface area contributed by atoms with Crippen LogP contribution < -0.4 is 10.6 Å². The fourth-order valence-corrected chi connectivity index (χ4v) is 2.19. The molecule has 2 N–H and O–H groups in total. The maximum atomic E-state index is 4.44. The first-order valence-corrected chi connectivity index (χ1v) is 8.07. The zero-order valence-corrected chi connectivity index (χ0v) is 16.9. The Kier molecular flexibility index (Phi) is 9.36. The van der Waals surface area contributed by atoms with E-state index in [1.807, 2.05) is 23.0 Å². The normalized spacial score (nSPS) is 11.2. The molecule has 0 fully saturated rings. The van der Waals surface area contributed by atoms with Crippen LogP contribution in [0.5, 0.6) is 0 Å². The molecule has 2 heterocycles. The molecule has 2 aromatic heterocycles. The summed E-state index contributed by atoms with van der Waals surface area (Å²) in [6, 6.07) is 4.04. The van der Waals surface area contributed by atoms with Gasteiger partial charge in [0.05, 0.1) is 0 Å². The molecule has 0 atom stereocenters. The van der Waals surface area contributed by atoms with E-state index >= 15 is 0 Å². The molecule has 0 aliphatic rings. The summed E-state index contributed by atoms with van der Waals surface area (Å²) < 4.78 is 1.88. The second kappa shape index (κ2) is 11.0. The molecule has 0 spiro atoms. The number of halogens is 1. The van der Waals surface area contributed by atoms with E-state index in [2.05, 4.69) is 45.5 Å². The summed E-state index contributed by atoms with van der Waals surface area (Å²) in [6.07, 6.45) is 9.61. The van der Waals surface area contributed by atoms with Crippen molar-refractivity contribution in [1.29, 1.82) is 0 Å². The molecule has 0 saturated carbocycles. The number of rotatable bonds is 7. The summed E-state index contributed by atoms with van der Waals surface area (Å²) in [4.78, 5) is 12.7. The lowest BCUT2D eigenvalue weighted by Crippen LogP contribution is -2.37. The van der Waals surface area contributed by atoms with Crippen molar-refractivity contribution in [2.24, 2.45) is 10.9 Å². The minimum atomic E-state index is 0. The van der Waals surface area contributed by atoms with Crippen molar-refractivity contribution in [3.05, 3.63) is 42.6 Å². The average Bonchev–Trinajstić information content (AvgIpc) is 3.09. The molecule has 2 rings (SSSR count). The second-order valence-electron chi connectivity index (χ2n) is 5.88. The fraction of sp³-hybridized carbons (Fsp3) is 0.471. The van der Waals surface area contributed by atoms with Gasteiger partial charge >= 0.3 is 0 Å². The summed E-state index contributed by atoms with van der Waals surface area (Å²) in [5, 5.41) is 6.64. The quantitative estimate of drug-likeness (QED) is 0.300. The maximum absolute atomic E-state index is 4.44. The zero-order chi connectivity index (χ0) is 16.5. The summed E-state index contributed by atoms with van der Waals surface area (Å²) in [7, 11) is 1.79. The molecule has 2 aromatic rings. The monoisotopic (exact) mass is 442 g/mol. The van der Waals surface area contributed by atoms with Gasteiger partial charge in [0.1, 0.15) is 12.1 Å². The van der Waals surface area contributed by atoms with Crippen LogP contribution in [0.25, 0.3) is 5.82 Å². The molecule has 0 aliphatic heterocycles. The number of aromatic nitrogens is 3. The zero-order valence-electron chi connectivity index (χ0n) is 14.6. The Hall–Kier alpha value is -1.64. The van der Waals surface area contributed by atoms with E-state index in [1.54, 1.807) is 19.6 Å². The highest BCUT2D eigenvalue weighted by atomic mass is 127. The lowest BCUT2D eigenvalue weighted by Gasteiger charge is -2.12. The largest absolute Gasteiger partial charge is 0.356 e. The van der Waals surface area contributed by atoms with Gasteiger partial charge < -0.3 is 10.6 Å². The summed E-state index contributed by atoms with van der Waals surface area (Å²) >= 11 is 0. The van der Waals surface area contributed by atoms with Crippen molar-refractivity contribution in [2.45, 2.75) is 33.2 Å². The smallest absolute Gasteiger partial charge is 0.191 e. The van der Waals surface area contributed by atoms with Crippen LogP contribution in [-0.4, -0.2) is 34.1 Å². The topological polar surface area (TPSA) is 67.1 Å². The average molecular weight is 442 g/mol. The third kappa shape index (κ3) is 6.86. The van der Waals surface area contributed by atoms with Crippen LogP contribution in [0.2, 0.25) is 0 Å². The molecule has 0 aromatic carbocycles. The molecule has 6 nitrogen and oxygen atoms in total. The van der Waals surface area contributed by atoms with Crippen LogP contribution in [0.4, 0.5) is 0 Å². The second-order valence-corrected chi connectivity index (χ2v) is 5.88. The number of hydrogen-bond donors (Lipinski definition) is 2. The van der Waals surface area contributed by atoms with Gasteiger partial charge in [-0.25, -0.2) is 9.97 Å². The molecule has 0 bridgehead atoms. The predicted octanol–water partition coefficient (Wildman–Crippen LogP) is 2.99. The summed E-state index contributed by atoms with van der Waals surface area (Å²) in [5.74, 6) is 2.43. The predicted molar refractivity (Wildman–Crippen MR) is 109 cm³/mol. The van der Waals surface area contributed by atoms with E-state index in [4.69, 9.17) is 0 Å². The number of aliphatic imine (C=N–C) groups is 1. The van der Waals surface area contributed by atoms with Gasteiger partial charge in [0.15, 0.2) is 5.96 Å². The van der Waals surface area contributed by atoms with Gasteiger partial charge in [-0.05, 0) is 30.4 Å². The van der Waals surface area contributed by atoms with Crippen LogP contribution in [0, 0.1) is 5.92 Å². The number of guanidine groups is 1. The van der Waals surface area contributed by atoms with Crippen LogP contribution >= 0.6 is 24.0 Å². The van der Waals surface area contributed by atoms with E-state index in [0.29, 0.717) is 6.54 Å². The Morgan fingerprint density at radius 3 is 2.71 bits per heavy atom. The maximum Gasteiger partial charge on any atom is 0.191 e. The van der Waals surface area contributed by atoms with Gasteiger partial charge in [0, 0.05) is 38.7 Å². The number of nitrogens with zero attached hydrogens (tertiary/aromatic N) is 4. The van der Waals surface area contributed by atoms with Gasteiger partial charge in [0.25, 0.3) is 0 Å². The number of hydrogen-bond acceptors (Lipinski definition) is 3. The van der Waals surface area contributed by atoms with E-state index < -0.39 is 0 Å². The summed E-state index contributed by atoms with van der Waals surface area (Å²) in [6.45, 7) is 6.12. The molecule has 0 unspecified atom stereocenters. The number of nitrogens with one attached hydrogen (secondary N) is 2. The third-order valence-corrected chi connectivity index (χ3v) is 3.51. The van der Waals surface area contributed by atoms with E-state index in [9.17, 15) is 0 Å². The minimum Gasteiger partial charge on any atom is -0.356 e. The summed E-state index contributed by atoms with van der Waals surface area (Å²) in [5.41, 5.74) is 1.11. The Morgan fingerprint density at radius 2 is 2.12 bits per heavy atom. The fourth-order valence-electron chi connectivity index (χ4n) is 2.19. The molecule has 24 heavy (non-hydrogen) atoms. The van der Waals surface area contributed by atoms with Gasteiger partial charge in [0.2, 0.25) is 0 Å². The van der Waals surface area contributed by atoms with E-state index in [-0.39, 0.29) is 24.0 Å². The molecular formula is C17H27IN6. The number of pyridine rings is 1. The van der Waals surface area contributed by atoms with Crippen molar-refractivity contribution in [2.75, 3.05) is 13.6 Å². The van der Waals surface area contributed by atoms with Crippen molar-refractivity contribution in [3.63, 3.8) is 0 Å². The van der Waals surface area contributed by atoms with E-state index in [1.165, 1.54) is 6.42 Å². The molecule has 0 amide bonds. The molecule has 0 aliphatic carbocycles. The first-order chi connectivity index (χ1) is 11.2. The van der Waals surface area contributed by atoms with Gasteiger partial charge in [-0.1, -0.05) is 19.9 Å². The molecule has 132 valence electrons. The standard InChI is InChI=1S/C17H26N6.HI/c1-14(2)5-4-8-20-17(18-3)22-12-15-6-7-16(21-11-15)23-10-9-19-13-23;/h6-7,9-11,13-14H,4-5,8,12H2,1-3H3,(H2,18,20,22);1H. The van der Waals surface area contributed by atoms with Crippen LogP contribution in [-0.2, 0) is 6.54 Å². The molecule has 7 heteroatoms. The van der Waals surface area contributed by atoms with Gasteiger partial charge in [-0.2, -0.15) is 0 Å². The van der Waals surface area contributed by atoms with Crippen LogP contribution in [0.1, 0.15) is 32.3 Å². The van der Waals surface area contributed by atoms with Crippen LogP contribution in [0.3, 0.4) is 0 Å². The van der Waals surface area contributed by atoms with Crippen molar-refractivity contribution in [1.82, 2.24) is 25.2 Å². The van der Waals surface area contributed by atoms with Gasteiger partial charge in [-0.15, -0.1) is 24.0 Å². The molecule has 0 saturated heterocycles. The minimum absolute atomic E-state index is 0. The SMILES string of the molecule is CN=C(NCCCC(C)C)NCc1ccc(-n2ccnc2)nc1.I. The highest BCUT2D eigenvalue weighted by molar-refractivity contribution is 14.0. The first kappa shape index (κ1) is 20.4. The highest BCUT2D eigenvalue weighted by Crippen LogP contribution is 2.05. The Bertz CT molecular complexity index is 592. The van der Waals surface area contributed by atoms with Gasteiger partial charge in [-0.3, -0.25) is 9.56 Å². The van der Waals surface area contributed by atoms with Crippen molar-refractivity contribution < 1.29 is 0 Å². The molecule has 0 radical (unpaired) electrons. The Balaban J connectivity index is 0.00000288. The van der Waals surface area contributed by atoms with Crippen molar-refractivity contribution >= 4 is 29.9 Å². The lowest BCUT2D eigenvalue weighted by atomic mass is 10.1. The highest BCUT2D eigenvalue weighted by Gasteiger charge is 2.01. The van der Waals surface area contributed by atoms with Crippen LogP contribution in [0.15, 0.2) is 42.0 Å². The molecular weight excluding hydrogens is 415 g/mol. The first-order valence-electron chi connectivity index (χ1n) is 8.07. The Labute approximate surface area is 161 Å². The lowest BCUT2D eigenvalue weighted by molar-refractivity contribution is 0.549. The van der Waals surface area contributed by atoms with E-state index in [0.717, 1.165) is 36.2 Å².